The third-order valence-corrected chi connectivity index (χ3v) is 8.87. The zero-order valence-electron chi connectivity index (χ0n) is 26.2. The molecule has 0 aliphatic heterocycles. The molecular formula is C43H27N5O. The first-order chi connectivity index (χ1) is 24.3. The van der Waals surface area contributed by atoms with Gasteiger partial charge in [0.05, 0.1) is 17.0 Å². The van der Waals surface area contributed by atoms with Crippen molar-refractivity contribution in [1.82, 2.24) is 25.4 Å². The molecule has 5 aromatic carbocycles. The van der Waals surface area contributed by atoms with Crippen molar-refractivity contribution < 1.29 is 4.42 Å². The van der Waals surface area contributed by atoms with Crippen LogP contribution in [0, 0.1) is 0 Å². The Balaban J connectivity index is 1.47. The van der Waals surface area contributed by atoms with Crippen LogP contribution in [0.2, 0.25) is 0 Å². The summed E-state index contributed by atoms with van der Waals surface area (Å²) in [5, 5.41) is 15.9. The second-order valence-corrected chi connectivity index (χ2v) is 11.7. The van der Waals surface area contributed by atoms with Crippen LogP contribution in [-0.4, -0.2) is 25.4 Å². The zero-order chi connectivity index (χ0) is 32.6. The van der Waals surface area contributed by atoms with Crippen molar-refractivity contribution in [2.24, 2.45) is 0 Å². The van der Waals surface area contributed by atoms with Gasteiger partial charge in [0.15, 0.2) is 0 Å². The van der Waals surface area contributed by atoms with Gasteiger partial charge in [-0.05, 0) is 63.9 Å². The predicted octanol–water partition coefficient (Wildman–Crippen LogP) is 10.6. The van der Waals surface area contributed by atoms with Gasteiger partial charge in [0.25, 0.3) is 0 Å². The molecule has 0 fully saturated rings. The molecule has 230 valence electrons. The van der Waals surface area contributed by atoms with Gasteiger partial charge in [-0.15, -0.1) is 10.2 Å². The van der Waals surface area contributed by atoms with Gasteiger partial charge >= 0.3 is 0 Å². The number of benzene rings is 5. The van der Waals surface area contributed by atoms with E-state index >= 15 is 0 Å². The normalized spacial score (nSPS) is 11.3. The van der Waals surface area contributed by atoms with E-state index in [1.54, 1.807) is 6.20 Å². The number of para-hydroxylation sites is 1. The van der Waals surface area contributed by atoms with E-state index in [0.29, 0.717) is 11.4 Å². The first-order valence-electron chi connectivity index (χ1n) is 16.1. The number of fused-ring (bicyclic) bond motifs is 3. The molecule has 4 aromatic heterocycles. The van der Waals surface area contributed by atoms with Crippen LogP contribution in [0.15, 0.2) is 168 Å². The van der Waals surface area contributed by atoms with Crippen LogP contribution in [0.25, 0.3) is 89.2 Å². The lowest BCUT2D eigenvalue weighted by Gasteiger charge is -2.20. The van der Waals surface area contributed by atoms with Crippen LogP contribution >= 0.6 is 0 Å². The van der Waals surface area contributed by atoms with E-state index < -0.39 is 0 Å². The highest BCUT2D eigenvalue weighted by Gasteiger charge is 2.28. The summed E-state index contributed by atoms with van der Waals surface area (Å²) in [5.74, 6) is 0. The summed E-state index contributed by atoms with van der Waals surface area (Å²) in [4.78, 5) is 10.1. The van der Waals surface area contributed by atoms with Gasteiger partial charge in [-0.2, -0.15) is 0 Å². The van der Waals surface area contributed by atoms with Crippen molar-refractivity contribution >= 4 is 21.9 Å². The Bertz CT molecular complexity index is 2590. The van der Waals surface area contributed by atoms with Gasteiger partial charge in [0, 0.05) is 39.9 Å². The van der Waals surface area contributed by atoms with E-state index in [9.17, 15) is 0 Å². The number of nitrogens with zero attached hydrogens (tertiary/aromatic N) is 5. The first kappa shape index (κ1) is 28.4. The van der Waals surface area contributed by atoms with Crippen LogP contribution in [0.3, 0.4) is 0 Å². The lowest BCUT2D eigenvalue weighted by Crippen LogP contribution is -2.04. The fourth-order valence-electron chi connectivity index (χ4n) is 6.72. The Kier molecular flexibility index (Phi) is 7.02. The smallest absolute Gasteiger partial charge is 0.136 e. The van der Waals surface area contributed by atoms with Crippen molar-refractivity contribution in [3.05, 3.63) is 164 Å². The van der Waals surface area contributed by atoms with Gasteiger partial charge in [-0.1, -0.05) is 115 Å². The minimum atomic E-state index is 0.637. The Hall–Kier alpha value is -6.79. The number of hydrogen-bond acceptors (Lipinski definition) is 6. The van der Waals surface area contributed by atoms with Crippen LogP contribution < -0.4 is 0 Å². The number of pyridine rings is 2. The molecule has 0 amide bonds. The van der Waals surface area contributed by atoms with E-state index in [-0.39, 0.29) is 0 Å². The van der Waals surface area contributed by atoms with Crippen molar-refractivity contribution in [1.29, 1.82) is 0 Å². The maximum atomic E-state index is 6.46. The highest BCUT2D eigenvalue weighted by molar-refractivity contribution is 6.17. The van der Waals surface area contributed by atoms with Gasteiger partial charge in [-0.25, -0.2) is 0 Å². The summed E-state index contributed by atoms with van der Waals surface area (Å²) in [5.41, 5.74) is 12.0. The van der Waals surface area contributed by atoms with Gasteiger partial charge in [0.1, 0.15) is 22.6 Å². The Morgan fingerprint density at radius 2 is 1.02 bits per heavy atom. The Morgan fingerprint density at radius 1 is 0.388 bits per heavy atom. The summed E-state index contributed by atoms with van der Waals surface area (Å²) >= 11 is 0. The fraction of sp³-hybridized carbons (Fsp3) is 0. The zero-order valence-corrected chi connectivity index (χ0v) is 26.2. The van der Waals surface area contributed by atoms with Crippen molar-refractivity contribution in [3.8, 4) is 67.3 Å². The number of rotatable bonds is 6. The van der Waals surface area contributed by atoms with Crippen molar-refractivity contribution in [2.75, 3.05) is 0 Å². The SMILES string of the molecule is c1ccc(-c2ccnc(-c3c(-c4ccccc4)ccc4oc5ccccc5c34)c2-c2nnnc(-c3ccccc3)c2-c2ccccn2)cc1. The summed E-state index contributed by atoms with van der Waals surface area (Å²) in [6.07, 6.45) is 3.67. The standard InChI is InChI=1S/C43H27N5O/c1-4-14-28(15-5-1)31-23-24-36-37(33-20-10-11-22-35(33)49-36)38(31)42-39(32(25-27-45-42)29-16-6-2-7-17-29)43-40(34-21-12-13-26-44-34)41(46-48-47-43)30-18-8-3-9-19-30/h1-27H. The van der Waals surface area contributed by atoms with Crippen molar-refractivity contribution in [3.63, 3.8) is 0 Å². The summed E-state index contributed by atoms with van der Waals surface area (Å²) in [6, 6.07) is 51.1. The maximum Gasteiger partial charge on any atom is 0.136 e. The predicted molar refractivity (Wildman–Crippen MR) is 195 cm³/mol. The third kappa shape index (κ3) is 4.94. The molecule has 6 heteroatoms. The van der Waals surface area contributed by atoms with E-state index in [1.807, 2.05) is 97.2 Å². The number of furan rings is 1. The van der Waals surface area contributed by atoms with Crippen LogP contribution in [-0.2, 0) is 0 Å². The van der Waals surface area contributed by atoms with Gasteiger partial charge in [-0.3, -0.25) is 9.97 Å². The van der Waals surface area contributed by atoms with Gasteiger partial charge < -0.3 is 4.42 Å². The molecule has 0 unspecified atom stereocenters. The van der Waals surface area contributed by atoms with E-state index in [0.717, 1.165) is 77.8 Å². The molecule has 6 nitrogen and oxygen atoms in total. The highest BCUT2D eigenvalue weighted by Crippen LogP contribution is 2.49. The highest BCUT2D eigenvalue weighted by atomic mass is 16.3. The molecule has 0 spiro atoms. The second kappa shape index (κ2) is 12.1. The lowest BCUT2D eigenvalue weighted by atomic mass is 9.86. The fourth-order valence-corrected chi connectivity index (χ4v) is 6.72. The topological polar surface area (TPSA) is 77.6 Å². The molecule has 9 rings (SSSR count). The molecule has 0 aliphatic carbocycles. The molecule has 0 atom stereocenters. The number of aromatic nitrogens is 5. The summed E-state index contributed by atoms with van der Waals surface area (Å²) in [6.45, 7) is 0. The van der Waals surface area contributed by atoms with Gasteiger partial charge in [0.2, 0.25) is 0 Å². The second-order valence-electron chi connectivity index (χ2n) is 11.7. The first-order valence-corrected chi connectivity index (χ1v) is 16.1. The summed E-state index contributed by atoms with van der Waals surface area (Å²) in [7, 11) is 0. The molecule has 0 radical (unpaired) electrons. The monoisotopic (exact) mass is 629 g/mol. The molecule has 0 bridgehead atoms. The lowest BCUT2D eigenvalue weighted by molar-refractivity contribution is 0.669. The van der Waals surface area contributed by atoms with E-state index in [2.05, 4.69) is 71.0 Å². The van der Waals surface area contributed by atoms with Crippen LogP contribution in [0.1, 0.15) is 0 Å². The average molecular weight is 630 g/mol. The quantitative estimate of drug-likeness (QED) is 0.182. The molecule has 0 saturated heterocycles. The number of hydrogen-bond donors (Lipinski definition) is 0. The minimum absolute atomic E-state index is 0.637. The maximum absolute atomic E-state index is 6.46. The average Bonchev–Trinajstić information content (AvgIpc) is 3.57. The molecular weight excluding hydrogens is 603 g/mol. The van der Waals surface area contributed by atoms with E-state index in [4.69, 9.17) is 19.5 Å². The Labute approximate surface area is 282 Å². The van der Waals surface area contributed by atoms with Crippen molar-refractivity contribution in [2.45, 2.75) is 0 Å². The molecule has 49 heavy (non-hydrogen) atoms. The minimum Gasteiger partial charge on any atom is -0.456 e. The molecule has 0 N–H and O–H groups in total. The third-order valence-electron chi connectivity index (χ3n) is 8.87. The molecule has 4 heterocycles. The summed E-state index contributed by atoms with van der Waals surface area (Å²) < 4.78 is 6.46. The molecule has 0 aliphatic rings. The Morgan fingerprint density at radius 3 is 1.73 bits per heavy atom. The molecule has 0 saturated carbocycles. The van der Waals surface area contributed by atoms with Crippen LogP contribution in [0.4, 0.5) is 0 Å². The molecule has 9 aromatic rings. The largest absolute Gasteiger partial charge is 0.456 e. The van der Waals surface area contributed by atoms with Crippen LogP contribution in [0.5, 0.6) is 0 Å². The van der Waals surface area contributed by atoms with E-state index in [1.165, 1.54) is 0 Å².